The highest BCUT2D eigenvalue weighted by molar-refractivity contribution is 5.94. The maximum absolute atomic E-state index is 11.3. The minimum absolute atomic E-state index is 0.0887. The van der Waals surface area contributed by atoms with Crippen molar-refractivity contribution in [3.05, 3.63) is 17.5 Å². The van der Waals surface area contributed by atoms with Crippen LogP contribution in [0.1, 0.15) is 41.9 Å². The minimum atomic E-state index is 0.0887. The molecule has 4 nitrogen and oxygen atoms in total. The third-order valence-electron chi connectivity index (χ3n) is 2.96. The Kier molecular flexibility index (Phi) is 2.86. The molecule has 2 rings (SSSR count). The van der Waals surface area contributed by atoms with E-state index in [1.54, 1.807) is 13.1 Å². The number of aromatic nitrogens is 2. The van der Waals surface area contributed by atoms with E-state index in [4.69, 9.17) is 4.74 Å². The second-order valence-electron chi connectivity index (χ2n) is 3.99. The molecular formula is C11H16N2O2. The van der Waals surface area contributed by atoms with Crippen LogP contribution >= 0.6 is 0 Å². The Morgan fingerprint density at radius 2 is 2.20 bits per heavy atom. The number of ether oxygens (including phenoxy) is 1. The summed E-state index contributed by atoms with van der Waals surface area (Å²) in [7, 11) is 0. The molecule has 0 N–H and O–H groups in total. The molecule has 1 saturated heterocycles. The first-order valence-corrected chi connectivity index (χ1v) is 5.33. The molecule has 0 radical (unpaired) electrons. The number of nitrogens with zero attached hydrogens (tertiary/aromatic N) is 2. The largest absolute Gasteiger partial charge is 0.381 e. The summed E-state index contributed by atoms with van der Waals surface area (Å²) < 4.78 is 7.28. The van der Waals surface area contributed by atoms with E-state index in [1.807, 2.05) is 11.6 Å². The zero-order valence-corrected chi connectivity index (χ0v) is 9.19. The van der Waals surface area contributed by atoms with Gasteiger partial charge in [-0.05, 0) is 26.7 Å². The molecule has 0 atom stereocenters. The zero-order valence-electron chi connectivity index (χ0n) is 9.19. The molecule has 0 bridgehead atoms. The Labute approximate surface area is 89.2 Å². The first-order chi connectivity index (χ1) is 7.20. The van der Waals surface area contributed by atoms with Crippen molar-refractivity contribution in [1.82, 2.24) is 9.78 Å². The second kappa shape index (κ2) is 4.14. The molecule has 4 heteroatoms. The average Bonchev–Trinajstić information content (AvgIpc) is 2.61. The molecule has 1 aliphatic rings. The van der Waals surface area contributed by atoms with E-state index in [2.05, 4.69) is 5.10 Å². The summed E-state index contributed by atoms with van der Waals surface area (Å²) in [5.74, 6) is 0.0887. The minimum Gasteiger partial charge on any atom is -0.381 e. The molecule has 0 saturated carbocycles. The Morgan fingerprint density at radius 3 is 2.73 bits per heavy atom. The predicted octanol–water partition coefficient (Wildman–Crippen LogP) is 1.75. The van der Waals surface area contributed by atoms with Crippen molar-refractivity contribution in [2.45, 2.75) is 32.7 Å². The lowest BCUT2D eigenvalue weighted by molar-refractivity contribution is 0.0656. The fourth-order valence-corrected chi connectivity index (χ4v) is 2.07. The van der Waals surface area contributed by atoms with Gasteiger partial charge < -0.3 is 4.74 Å². The van der Waals surface area contributed by atoms with Crippen LogP contribution in [0.25, 0.3) is 0 Å². The van der Waals surface area contributed by atoms with Gasteiger partial charge in [-0.25, -0.2) is 0 Å². The van der Waals surface area contributed by atoms with E-state index >= 15 is 0 Å². The van der Waals surface area contributed by atoms with Crippen molar-refractivity contribution in [1.29, 1.82) is 0 Å². The topological polar surface area (TPSA) is 44.1 Å². The fraction of sp³-hybridized carbons (Fsp3) is 0.636. The van der Waals surface area contributed by atoms with E-state index in [-0.39, 0.29) is 5.78 Å². The standard InChI is InChI=1S/C11H16N2O2/c1-8-11(9(2)14)7-12-13(8)10-3-5-15-6-4-10/h7,10H,3-6H2,1-2H3. The van der Waals surface area contributed by atoms with Crippen LogP contribution < -0.4 is 0 Å². The van der Waals surface area contributed by atoms with Crippen LogP contribution in [0.5, 0.6) is 0 Å². The van der Waals surface area contributed by atoms with Crippen LogP contribution in [0.15, 0.2) is 6.20 Å². The van der Waals surface area contributed by atoms with Gasteiger partial charge in [0.1, 0.15) is 0 Å². The summed E-state index contributed by atoms with van der Waals surface area (Å²) >= 11 is 0. The van der Waals surface area contributed by atoms with Crippen molar-refractivity contribution < 1.29 is 9.53 Å². The Morgan fingerprint density at radius 1 is 1.53 bits per heavy atom. The lowest BCUT2D eigenvalue weighted by atomic mass is 10.1. The number of ketones is 1. The zero-order chi connectivity index (χ0) is 10.8. The van der Waals surface area contributed by atoms with Crippen molar-refractivity contribution in [2.24, 2.45) is 0 Å². The first kappa shape index (κ1) is 10.4. The third-order valence-corrected chi connectivity index (χ3v) is 2.96. The highest BCUT2D eigenvalue weighted by Crippen LogP contribution is 2.23. The van der Waals surface area contributed by atoms with E-state index in [9.17, 15) is 4.79 Å². The monoisotopic (exact) mass is 208 g/mol. The summed E-state index contributed by atoms with van der Waals surface area (Å²) in [5.41, 5.74) is 1.72. The van der Waals surface area contributed by atoms with Crippen LogP contribution in [0.2, 0.25) is 0 Å². The Balaban J connectivity index is 2.24. The lowest BCUT2D eigenvalue weighted by Gasteiger charge is -2.23. The summed E-state index contributed by atoms with van der Waals surface area (Å²) in [6, 6.07) is 0.395. The number of carbonyl (C=O) groups is 1. The molecule has 82 valence electrons. The van der Waals surface area contributed by atoms with Crippen LogP contribution in [-0.2, 0) is 4.74 Å². The van der Waals surface area contributed by atoms with Gasteiger partial charge in [-0.3, -0.25) is 9.48 Å². The van der Waals surface area contributed by atoms with Crippen LogP contribution in [-0.4, -0.2) is 28.8 Å². The van der Waals surface area contributed by atoms with Gasteiger partial charge in [0.25, 0.3) is 0 Å². The summed E-state index contributed by atoms with van der Waals surface area (Å²) in [6.07, 6.45) is 3.65. The van der Waals surface area contributed by atoms with Crippen molar-refractivity contribution >= 4 is 5.78 Å². The Hall–Kier alpha value is -1.16. The summed E-state index contributed by atoms with van der Waals surface area (Å²) in [5, 5.41) is 4.30. The lowest BCUT2D eigenvalue weighted by Crippen LogP contribution is -2.21. The first-order valence-electron chi connectivity index (χ1n) is 5.33. The molecule has 1 aliphatic heterocycles. The van der Waals surface area contributed by atoms with Gasteiger partial charge in [-0.1, -0.05) is 0 Å². The van der Waals surface area contributed by atoms with Crippen LogP contribution in [0, 0.1) is 6.92 Å². The maximum atomic E-state index is 11.3. The smallest absolute Gasteiger partial charge is 0.163 e. The Bertz CT molecular complexity index is 365. The summed E-state index contributed by atoms with van der Waals surface area (Å²) in [4.78, 5) is 11.3. The molecule has 0 unspecified atom stereocenters. The number of hydrogen-bond acceptors (Lipinski definition) is 3. The number of hydrogen-bond donors (Lipinski definition) is 0. The quantitative estimate of drug-likeness (QED) is 0.695. The van der Waals surface area contributed by atoms with Gasteiger partial charge in [0.05, 0.1) is 17.8 Å². The van der Waals surface area contributed by atoms with Gasteiger partial charge >= 0.3 is 0 Å². The van der Waals surface area contributed by atoms with E-state index < -0.39 is 0 Å². The third kappa shape index (κ3) is 1.95. The van der Waals surface area contributed by atoms with Gasteiger partial charge in [0, 0.05) is 18.9 Å². The molecule has 1 fully saturated rings. The number of rotatable bonds is 2. The molecule has 1 aromatic rings. The number of carbonyl (C=O) groups excluding carboxylic acids is 1. The molecule has 1 aromatic heterocycles. The van der Waals surface area contributed by atoms with Crippen molar-refractivity contribution in [2.75, 3.05) is 13.2 Å². The normalized spacial score (nSPS) is 18.0. The molecule has 0 aliphatic carbocycles. The van der Waals surface area contributed by atoms with E-state index in [0.29, 0.717) is 6.04 Å². The highest BCUT2D eigenvalue weighted by Gasteiger charge is 2.20. The molecule has 15 heavy (non-hydrogen) atoms. The van der Waals surface area contributed by atoms with Crippen molar-refractivity contribution in [3.63, 3.8) is 0 Å². The van der Waals surface area contributed by atoms with E-state index in [0.717, 1.165) is 37.3 Å². The molecule has 0 spiro atoms. The molecule has 2 heterocycles. The van der Waals surface area contributed by atoms with Gasteiger partial charge in [-0.15, -0.1) is 0 Å². The average molecular weight is 208 g/mol. The molecule has 0 amide bonds. The van der Waals surface area contributed by atoms with Crippen LogP contribution in [0.3, 0.4) is 0 Å². The summed E-state index contributed by atoms with van der Waals surface area (Å²) in [6.45, 7) is 5.12. The van der Waals surface area contributed by atoms with Gasteiger partial charge in [-0.2, -0.15) is 5.10 Å². The van der Waals surface area contributed by atoms with Crippen molar-refractivity contribution in [3.8, 4) is 0 Å². The van der Waals surface area contributed by atoms with Crippen LogP contribution in [0.4, 0.5) is 0 Å². The highest BCUT2D eigenvalue weighted by atomic mass is 16.5. The maximum Gasteiger partial charge on any atom is 0.163 e. The SMILES string of the molecule is CC(=O)c1cnn(C2CCOCC2)c1C. The molecular weight excluding hydrogens is 192 g/mol. The van der Waals surface area contributed by atoms with E-state index in [1.165, 1.54) is 0 Å². The predicted molar refractivity (Wildman–Crippen MR) is 56.1 cm³/mol. The fourth-order valence-electron chi connectivity index (χ4n) is 2.07. The number of Topliss-reactive ketones (excluding diaryl/α,β-unsaturated/α-hetero) is 1. The van der Waals surface area contributed by atoms with Gasteiger partial charge in [0.15, 0.2) is 5.78 Å². The molecule has 0 aromatic carbocycles. The second-order valence-corrected chi connectivity index (χ2v) is 3.99. The van der Waals surface area contributed by atoms with Gasteiger partial charge in [0.2, 0.25) is 0 Å².